The molecule has 0 atom stereocenters. The van der Waals surface area contributed by atoms with Crippen molar-refractivity contribution in [3.63, 3.8) is 0 Å². The summed E-state index contributed by atoms with van der Waals surface area (Å²) in [6.45, 7) is 1.82. The molecule has 4 heterocycles. The molecule has 0 unspecified atom stereocenters. The molecule has 0 bridgehead atoms. The zero-order valence-electron chi connectivity index (χ0n) is 23.2. The van der Waals surface area contributed by atoms with E-state index in [1.54, 1.807) is 18.3 Å². The molecule has 1 amide bonds. The Morgan fingerprint density at radius 1 is 0.955 bits per heavy atom. The number of likely N-dealkylation sites (N-methyl/N-ethyl adjacent to an activating group) is 1. The number of hydrogen-bond donors (Lipinski definition) is 3. The third-order valence-electron chi connectivity index (χ3n) is 5.28. The van der Waals surface area contributed by atoms with Crippen LogP contribution in [-0.4, -0.2) is 92.0 Å². The third-order valence-corrected chi connectivity index (χ3v) is 5.28. The van der Waals surface area contributed by atoms with Crippen LogP contribution in [0.4, 0.5) is 32.0 Å². The van der Waals surface area contributed by atoms with Gasteiger partial charge in [0.1, 0.15) is 11.5 Å². The average Bonchev–Trinajstić information content (AvgIpc) is 3.57. The van der Waals surface area contributed by atoms with Gasteiger partial charge in [-0.15, -0.1) is 0 Å². The Hall–Kier alpha value is -5.13. The number of rotatable bonds is 7. The lowest BCUT2D eigenvalue weighted by atomic mass is 10.3. The fraction of sp³-hybridized carbons (Fsp3) is 0.269. The van der Waals surface area contributed by atoms with Crippen LogP contribution >= 0.6 is 0 Å². The summed E-state index contributed by atoms with van der Waals surface area (Å²) >= 11 is 0. The number of aromatic nitrogens is 4. The number of carbonyl (C=O) groups excluding carboxylic acids is 1. The highest BCUT2D eigenvalue weighted by Crippen LogP contribution is 2.26. The summed E-state index contributed by atoms with van der Waals surface area (Å²) in [5, 5.41) is 17.1. The van der Waals surface area contributed by atoms with Gasteiger partial charge < -0.3 is 29.7 Å². The molecule has 18 heteroatoms. The summed E-state index contributed by atoms with van der Waals surface area (Å²) in [4.78, 5) is 41.8. The number of imidazole rings is 1. The van der Waals surface area contributed by atoms with E-state index in [0.29, 0.717) is 17.3 Å². The van der Waals surface area contributed by atoms with Crippen molar-refractivity contribution in [3.8, 4) is 17.3 Å². The third kappa shape index (κ3) is 10.0. The maximum absolute atomic E-state index is 13.0. The Morgan fingerprint density at radius 3 is 2.11 bits per heavy atom. The van der Waals surface area contributed by atoms with Crippen molar-refractivity contribution < 1.29 is 55.7 Å². The number of hydrogen-bond acceptors (Lipinski definition) is 7. The molecule has 0 spiro atoms. The minimum atomic E-state index is -5.08. The molecule has 4 rings (SSSR count). The second-order valence-electron chi connectivity index (χ2n) is 8.80. The molecule has 0 aliphatic heterocycles. The molecule has 0 saturated carbocycles. The highest BCUT2D eigenvalue weighted by atomic mass is 19.4. The zero-order chi connectivity index (χ0) is 33.2. The van der Waals surface area contributed by atoms with Gasteiger partial charge >= 0.3 is 24.3 Å². The SMILES string of the molecule is COc1ncccc1NC(=O)c1nc(-c2ccn(CCN(C)C)c2)n2ccccc12.O=C(O)C(F)(F)F.O=C(O)C(F)(F)F. The van der Waals surface area contributed by atoms with Crippen LogP contribution in [0.25, 0.3) is 16.9 Å². The van der Waals surface area contributed by atoms with Gasteiger partial charge in [-0.1, -0.05) is 6.07 Å². The Morgan fingerprint density at radius 2 is 1.57 bits per heavy atom. The van der Waals surface area contributed by atoms with Crippen molar-refractivity contribution >= 4 is 29.0 Å². The van der Waals surface area contributed by atoms with Crippen molar-refractivity contribution in [1.82, 2.24) is 23.8 Å². The molecule has 0 aromatic carbocycles. The van der Waals surface area contributed by atoms with Crippen LogP contribution in [0.2, 0.25) is 0 Å². The molecule has 4 aromatic rings. The van der Waals surface area contributed by atoms with E-state index in [0.717, 1.165) is 30.0 Å². The predicted octanol–water partition coefficient (Wildman–Crippen LogP) is 4.29. The van der Waals surface area contributed by atoms with Crippen LogP contribution in [0.5, 0.6) is 5.88 Å². The number of anilines is 1. The summed E-state index contributed by atoms with van der Waals surface area (Å²) < 4.78 is 72.8. The maximum Gasteiger partial charge on any atom is 0.490 e. The molecule has 3 N–H and O–H groups in total. The minimum absolute atomic E-state index is 0.316. The van der Waals surface area contributed by atoms with Crippen molar-refractivity contribution in [1.29, 1.82) is 0 Å². The Kier molecular flexibility index (Phi) is 11.8. The second kappa shape index (κ2) is 14.9. The number of amides is 1. The number of aliphatic carboxylic acids is 2. The van der Waals surface area contributed by atoms with Crippen LogP contribution in [0.3, 0.4) is 0 Å². The minimum Gasteiger partial charge on any atom is -0.480 e. The number of carboxylic acids is 2. The number of carboxylic acid groups (broad SMARTS) is 2. The number of nitrogens with zero attached hydrogens (tertiary/aromatic N) is 5. The van der Waals surface area contributed by atoms with Crippen molar-refractivity contribution in [2.24, 2.45) is 0 Å². The first-order valence-corrected chi connectivity index (χ1v) is 12.1. The molecule has 0 saturated heterocycles. The summed E-state index contributed by atoms with van der Waals surface area (Å²) in [7, 11) is 5.62. The van der Waals surface area contributed by atoms with Gasteiger partial charge in [0.25, 0.3) is 5.91 Å². The van der Waals surface area contributed by atoms with Gasteiger partial charge in [0.2, 0.25) is 5.88 Å². The molecule has 12 nitrogen and oxygen atoms in total. The first-order chi connectivity index (χ1) is 20.4. The lowest BCUT2D eigenvalue weighted by Gasteiger charge is -2.09. The van der Waals surface area contributed by atoms with E-state index in [-0.39, 0.29) is 5.91 Å². The Balaban J connectivity index is 0.000000402. The molecule has 0 radical (unpaired) electrons. The van der Waals surface area contributed by atoms with Crippen LogP contribution < -0.4 is 10.1 Å². The van der Waals surface area contributed by atoms with E-state index < -0.39 is 24.3 Å². The standard InChI is InChI=1S/C22H24N6O2.2C2HF3O2/c1-26(2)13-14-27-12-9-16(15-27)20-25-19(18-8-4-5-11-28(18)20)21(29)24-17-7-6-10-23-22(17)30-3;2*3-2(4,5)1(6)7/h4-12,15H,13-14H2,1-3H3,(H,24,29);2*(H,6,7). The highest BCUT2D eigenvalue weighted by Gasteiger charge is 2.38. The van der Waals surface area contributed by atoms with E-state index in [2.05, 4.69) is 45.0 Å². The van der Waals surface area contributed by atoms with Gasteiger partial charge in [-0.3, -0.25) is 9.20 Å². The van der Waals surface area contributed by atoms with Gasteiger partial charge in [-0.2, -0.15) is 26.3 Å². The summed E-state index contributed by atoms with van der Waals surface area (Å²) in [6, 6.07) is 11.2. The lowest BCUT2D eigenvalue weighted by Crippen LogP contribution is -2.21. The number of ether oxygens (including phenoxy) is 1. The number of carbonyl (C=O) groups is 3. The topological polar surface area (TPSA) is 151 Å². The van der Waals surface area contributed by atoms with Gasteiger partial charge in [-0.05, 0) is 44.4 Å². The summed E-state index contributed by atoms with van der Waals surface area (Å²) in [6.07, 6.45) is -2.56. The van der Waals surface area contributed by atoms with Gasteiger partial charge in [0, 0.05) is 43.4 Å². The fourth-order valence-corrected chi connectivity index (χ4v) is 3.27. The number of nitrogens with one attached hydrogen (secondary N) is 1. The van der Waals surface area contributed by atoms with Crippen LogP contribution in [0.1, 0.15) is 10.5 Å². The van der Waals surface area contributed by atoms with Gasteiger partial charge in [0.15, 0.2) is 5.69 Å². The van der Waals surface area contributed by atoms with Crippen molar-refractivity contribution in [2.75, 3.05) is 33.1 Å². The predicted molar refractivity (Wildman–Crippen MR) is 143 cm³/mol. The number of methoxy groups -OCH3 is 1. The van der Waals surface area contributed by atoms with E-state index in [4.69, 9.17) is 24.5 Å². The molecule has 0 fully saturated rings. The molecule has 238 valence electrons. The van der Waals surface area contributed by atoms with Crippen LogP contribution in [0.15, 0.2) is 61.2 Å². The zero-order valence-corrected chi connectivity index (χ0v) is 23.2. The number of halogens is 6. The highest BCUT2D eigenvalue weighted by molar-refractivity contribution is 6.08. The quantitative estimate of drug-likeness (QED) is 0.254. The first-order valence-electron chi connectivity index (χ1n) is 12.1. The summed E-state index contributed by atoms with van der Waals surface area (Å²) in [5.74, 6) is -4.76. The van der Waals surface area contributed by atoms with E-state index >= 15 is 0 Å². The Labute approximate surface area is 245 Å². The van der Waals surface area contributed by atoms with Crippen LogP contribution in [0, 0.1) is 0 Å². The second-order valence-corrected chi connectivity index (χ2v) is 8.80. The molecular weight excluding hydrogens is 606 g/mol. The maximum atomic E-state index is 13.0. The lowest BCUT2D eigenvalue weighted by molar-refractivity contribution is -0.193. The van der Waals surface area contributed by atoms with Crippen LogP contribution in [-0.2, 0) is 16.1 Å². The monoisotopic (exact) mass is 632 g/mol. The van der Waals surface area contributed by atoms with Crippen molar-refractivity contribution in [3.05, 3.63) is 66.9 Å². The average molecular weight is 633 g/mol. The number of pyridine rings is 2. The molecule has 0 aliphatic rings. The normalized spacial score (nSPS) is 11.2. The fourth-order valence-electron chi connectivity index (χ4n) is 3.27. The number of fused-ring (bicyclic) bond motifs is 1. The smallest absolute Gasteiger partial charge is 0.480 e. The van der Waals surface area contributed by atoms with Gasteiger partial charge in [0.05, 0.1) is 12.6 Å². The Bertz CT molecular complexity index is 1560. The van der Waals surface area contributed by atoms with Crippen molar-refractivity contribution in [2.45, 2.75) is 18.9 Å². The molecule has 44 heavy (non-hydrogen) atoms. The first kappa shape index (κ1) is 35.1. The molecular formula is C26H26F6N6O6. The molecule has 4 aromatic heterocycles. The molecule has 0 aliphatic carbocycles. The summed E-state index contributed by atoms with van der Waals surface area (Å²) in [5.41, 5.74) is 2.53. The number of alkyl halides is 6. The van der Waals surface area contributed by atoms with E-state index in [1.807, 2.05) is 41.1 Å². The van der Waals surface area contributed by atoms with Gasteiger partial charge in [-0.25, -0.2) is 19.6 Å². The largest absolute Gasteiger partial charge is 0.490 e. The van der Waals surface area contributed by atoms with E-state index in [1.165, 1.54) is 7.11 Å². The van der Waals surface area contributed by atoms with E-state index in [9.17, 15) is 31.1 Å².